The average Bonchev–Trinajstić information content (AvgIpc) is 3.58. The number of phosphoric ester groups is 1. The number of hydrogen-bond donors (Lipinski definition) is 1. The molecule has 10 heteroatoms. The number of unbranched alkanes of at least 4 members (excludes halogenated alkanes) is 16. The molecule has 0 saturated carbocycles. The van der Waals surface area contributed by atoms with Crippen molar-refractivity contribution in [2.75, 3.05) is 47.5 Å². The van der Waals surface area contributed by atoms with Crippen LogP contribution in [0.1, 0.15) is 245 Å². The van der Waals surface area contributed by atoms with E-state index in [0.717, 1.165) is 173 Å². The first-order valence-corrected chi connectivity index (χ1v) is 36.7. The van der Waals surface area contributed by atoms with Crippen molar-refractivity contribution in [3.05, 3.63) is 194 Å². The van der Waals surface area contributed by atoms with E-state index in [9.17, 15) is 19.0 Å². The minimum Gasteiger partial charge on any atom is -0.462 e. The topological polar surface area (TPSA) is 108 Å². The largest absolute Gasteiger partial charge is 0.472 e. The van der Waals surface area contributed by atoms with Gasteiger partial charge in [0.2, 0.25) is 0 Å². The van der Waals surface area contributed by atoms with Crippen LogP contribution < -0.4 is 0 Å². The van der Waals surface area contributed by atoms with Crippen molar-refractivity contribution in [3.63, 3.8) is 0 Å². The number of rotatable bonds is 62. The SMILES string of the molecule is CC/C=C\C/C=C\C/C=C\C/C=C\C/C=C\C/C=C\C/C=C\C/C=C\C/C=C\C/C=C\CCCCCCCCC(=O)OC(COC(=O)CCCCCCCCCCCC/C=C\C/C=C\C/C=C\C/C=C\C/C=C\C/C=C\CC)COP(=O)(O)OCC[N+](C)(C)C. The van der Waals surface area contributed by atoms with Crippen molar-refractivity contribution in [1.29, 1.82) is 0 Å². The molecule has 90 heavy (non-hydrogen) atoms. The second kappa shape index (κ2) is 68.2. The highest BCUT2D eigenvalue weighted by atomic mass is 31.2. The first-order chi connectivity index (χ1) is 44.0. The Kier molecular flexibility index (Phi) is 64.3. The molecule has 0 radical (unpaired) electrons. The zero-order chi connectivity index (χ0) is 65.5. The summed E-state index contributed by atoms with van der Waals surface area (Å²) in [5, 5.41) is 0. The van der Waals surface area contributed by atoms with Crippen molar-refractivity contribution < 1.29 is 42.1 Å². The maximum Gasteiger partial charge on any atom is 0.472 e. The van der Waals surface area contributed by atoms with Crippen LogP contribution in [-0.4, -0.2) is 74.9 Å². The van der Waals surface area contributed by atoms with Gasteiger partial charge in [-0.05, 0) is 141 Å². The van der Waals surface area contributed by atoms with Crippen LogP contribution in [0.3, 0.4) is 0 Å². The maximum absolute atomic E-state index is 12.9. The molecule has 1 N–H and O–H groups in total. The normalized spacial score (nSPS) is 14.3. The molecule has 0 bridgehead atoms. The van der Waals surface area contributed by atoms with Crippen LogP contribution in [0.5, 0.6) is 0 Å². The van der Waals surface area contributed by atoms with E-state index in [1.54, 1.807) is 0 Å². The Labute approximate surface area is 552 Å². The van der Waals surface area contributed by atoms with Gasteiger partial charge in [0.25, 0.3) is 0 Å². The summed E-state index contributed by atoms with van der Waals surface area (Å²) in [6.07, 6.45) is 107. The van der Waals surface area contributed by atoms with Gasteiger partial charge in [0.1, 0.15) is 19.8 Å². The third-order valence-corrected chi connectivity index (χ3v) is 15.1. The molecule has 0 heterocycles. The van der Waals surface area contributed by atoms with Gasteiger partial charge in [-0.25, -0.2) is 4.57 Å². The van der Waals surface area contributed by atoms with Crippen LogP contribution >= 0.6 is 7.82 Å². The van der Waals surface area contributed by atoms with Gasteiger partial charge in [0.05, 0.1) is 27.7 Å². The molecule has 0 aliphatic carbocycles. The second-order valence-corrected chi connectivity index (χ2v) is 25.3. The fraction of sp³-hybridized carbons (Fsp3) is 0.575. The minimum absolute atomic E-state index is 0.0170. The molecule has 0 aromatic carbocycles. The van der Waals surface area contributed by atoms with E-state index in [4.69, 9.17) is 18.5 Å². The van der Waals surface area contributed by atoms with Crippen molar-refractivity contribution in [1.82, 2.24) is 0 Å². The minimum atomic E-state index is -4.41. The predicted octanol–water partition coefficient (Wildman–Crippen LogP) is 23.3. The number of hydrogen-bond acceptors (Lipinski definition) is 7. The predicted molar refractivity (Wildman–Crippen MR) is 389 cm³/mol. The lowest BCUT2D eigenvalue weighted by molar-refractivity contribution is -0.870. The Morgan fingerprint density at radius 1 is 0.344 bits per heavy atom. The second-order valence-electron chi connectivity index (χ2n) is 23.8. The van der Waals surface area contributed by atoms with E-state index >= 15 is 0 Å². The van der Waals surface area contributed by atoms with Gasteiger partial charge in [-0.2, -0.15) is 0 Å². The first-order valence-electron chi connectivity index (χ1n) is 35.2. The Morgan fingerprint density at radius 2 is 0.600 bits per heavy atom. The summed E-state index contributed by atoms with van der Waals surface area (Å²) in [5.74, 6) is -0.832. The lowest BCUT2D eigenvalue weighted by atomic mass is 10.1. The maximum atomic E-state index is 12.9. The summed E-state index contributed by atoms with van der Waals surface area (Å²) in [6, 6.07) is 0. The Morgan fingerprint density at radius 3 is 0.889 bits per heavy atom. The number of quaternary nitrogens is 1. The third kappa shape index (κ3) is 71.9. The zero-order valence-corrected chi connectivity index (χ0v) is 58.4. The highest BCUT2D eigenvalue weighted by Gasteiger charge is 2.27. The van der Waals surface area contributed by atoms with Gasteiger partial charge in [-0.3, -0.25) is 18.6 Å². The number of nitrogens with zero attached hydrogens (tertiary/aromatic N) is 1. The van der Waals surface area contributed by atoms with Crippen molar-refractivity contribution in [2.45, 2.75) is 251 Å². The lowest BCUT2D eigenvalue weighted by Crippen LogP contribution is -2.37. The van der Waals surface area contributed by atoms with E-state index in [1.807, 2.05) is 21.1 Å². The third-order valence-electron chi connectivity index (χ3n) is 14.1. The smallest absolute Gasteiger partial charge is 0.462 e. The number of carbonyl (C=O) groups excluding carboxylic acids is 2. The molecule has 0 aliphatic heterocycles. The standard InChI is InChI=1S/C80H128NO8P/c1-6-8-10-12-14-16-18-20-22-24-26-28-30-32-34-36-37-38-39-40-41-42-43-45-47-49-51-53-55-57-59-61-63-65-67-69-71-73-80(83)89-78(77-88-90(84,85)87-75-74-81(3,4)5)76-86-79(82)72-70-68-66-64-62-60-58-56-54-52-50-48-46-44-35-33-31-29-27-25-23-21-19-17-15-13-11-9-7-2/h8-11,14-17,20-23,26-29,32-35,37-38,40-41,43,45-46,48-49,51,55,57,78H,6-7,12-13,18-19,24-25,30-31,36,39,42,44,47,50,52-54,56,58-77H2,1-5H3/p+1/b10-8-,11-9-,16-14-,17-15-,22-20-,23-21-,28-26-,29-27-,34-32-,35-33-,38-37-,41-40-,45-43-,48-46-,51-49-,57-55-. The van der Waals surface area contributed by atoms with Crippen LogP contribution in [-0.2, 0) is 32.7 Å². The number of esters is 2. The molecule has 0 saturated heterocycles. The molecule has 2 atom stereocenters. The molecule has 2 unspecified atom stereocenters. The molecule has 0 aromatic heterocycles. The quantitative estimate of drug-likeness (QED) is 0.0211. The fourth-order valence-electron chi connectivity index (χ4n) is 8.81. The monoisotopic (exact) mass is 1260 g/mol. The number of carbonyl (C=O) groups is 2. The fourth-order valence-corrected chi connectivity index (χ4v) is 9.55. The molecule has 0 spiro atoms. The van der Waals surface area contributed by atoms with E-state index in [2.05, 4.69) is 208 Å². The lowest BCUT2D eigenvalue weighted by Gasteiger charge is -2.24. The van der Waals surface area contributed by atoms with E-state index in [0.29, 0.717) is 17.4 Å². The van der Waals surface area contributed by atoms with Crippen LogP contribution in [0.15, 0.2) is 194 Å². The highest BCUT2D eigenvalue weighted by molar-refractivity contribution is 7.47. The first kappa shape index (κ1) is 84.8. The summed E-state index contributed by atoms with van der Waals surface area (Å²) in [4.78, 5) is 35.9. The van der Waals surface area contributed by atoms with Gasteiger partial charge in [-0.1, -0.05) is 285 Å². The summed E-state index contributed by atoms with van der Waals surface area (Å²) in [7, 11) is 1.44. The van der Waals surface area contributed by atoms with Gasteiger partial charge < -0.3 is 18.9 Å². The summed E-state index contributed by atoms with van der Waals surface area (Å²) >= 11 is 0. The molecule has 0 aliphatic rings. The Balaban J connectivity index is 4.19. The molecule has 0 amide bonds. The number of allylic oxidation sites excluding steroid dienone is 32. The van der Waals surface area contributed by atoms with E-state index in [-0.39, 0.29) is 32.0 Å². The molecule has 506 valence electrons. The molecule has 0 rings (SSSR count). The Hall–Kier alpha value is -5.15. The summed E-state index contributed by atoms with van der Waals surface area (Å²) in [5.41, 5.74) is 0. The molecule has 0 aromatic rings. The summed E-state index contributed by atoms with van der Waals surface area (Å²) < 4.78 is 34.7. The Bertz CT molecular complexity index is 2220. The zero-order valence-electron chi connectivity index (χ0n) is 57.5. The van der Waals surface area contributed by atoms with Crippen LogP contribution in [0.2, 0.25) is 0 Å². The number of phosphoric acid groups is 1. The number of ether oxygens (including phenoxy) is 2. The molecule has 0 fully saturated rings. The molecule has 9 nitrogen and oxygen atoms in total. The molecular weight excluding hydrogens is 1130 g/mol. The van der Waals surface area contributed by atoms with E-state index < -0.39 is 26.5 Å². The van der Waals surface area contributed by atoms with Crippen molar-refractivity contribution in [2.24, 2.45) is 0 Å². The van der Waals surface area contributed by atoms with Gasteiger partial charge in [0.15, 0.2) is 6.10 Å². The summed E-state index contributed by atoms with van der Waals surface area (Å²) in [6.45, 7) is 4.16. The highest BCUT2D eigenvalue weighted by Crippen LogP contribution is 2.43. The average molecular weight is 1260 g/mol. The van der Waals surface area contributed by atoms with Crippen LogP contribution in [0.25, 0.3) is 0 Å². The van der Waals surface area contributed by atoms with Crippen molar-refractivity contribution in [3.8, 4) is 0 Å². The molecular formula is C80H129NO8P+. The van der Waals surface area contributed by atoms with Gasteiger partial charge in [-0.15, -0.1) is 0 Å². The van der Waals surface area contributed by atoms with Crippen LogP contribution in [0, 0.1) is 0 Å². The van der Waals surface area contributed by atoms with Gasteiger partial charge >= 0.3 is 19.8 Å². The van der Waals surface area contributed by atoms with Crippen molar-refractivity contribution >= 4 is 19.8 Å². The number of likely N-dealkylation sites (N-methyl/N-ethyl adjacent to an activating group) is 1. The van der Waals surface area contributed by atoms with Crippen LogP contribution in [0.4, 0.5) is 0 Å². The van der Waals surface area contributed by atoms with Gasteiger partial charge in [0, 0.05) is 12.8 Å². The van der Waals surface area contributed by atoms with E-state index in [1.165, 1.54) is 38.5 Å².